The van der Waals surface area contributed by atoms with Crippen molar-refractivity contribution in [2.45, 2.75) is 17.9 Å². The highest BCUT2D eigenvalue weighted by Gasteiger charge is 2.23. The molecule has 2 aromatic heterocycles. The van der Waals surface area contributed by atoms with Crippen LogP contribution in [0.4, 0.5) is 0 Å². The number of hydrogen-bond acceptors (Lipinski definition) is 7. The van der Waals surface area contributed by atoms with Gasteiger partial charge < -0.3 is 14.6 Å². The molecule has 182 valence electrons. The molecule has 10 nitrogen and oxygen atoms in total. The molecule has 35 heavy (non-hydrogen) atoms. The first-order valence-electron chi connectivity index (χ1n) is 10.5. The topological polar surface area (TPSA) is 145 Å². The molecular formula is C24H22N2O8S. The van der Waals surface area contributed by atoms with E-state index in [0.29, 0.717) is 34.2 Å². The van der Waals surface area contributed by atoms with Crippen LogP contribution in [-0.4, -0.2) is 53.9 Å². The van der Waals surface area contributed by atoms with Crippen molar-refractivity contribution in [2.75, 3.05) is 20.3 Å². The molecule has 4 rings (SSSR count). The van der Waals surface area contributed by atoms with Crippen molar-refractivity contribution >= 4 is 37.8 Å². The molecule has 0 aliphatic rings. The average Bonchev–Trinajstić information content (AvgIpc) is 2.82. The SMILES string of the molecule is COCCOc1cnc2cc(-c3cccc4ccc(S(=O)(=O)O)cc34)n([C@H](C)C(=O)O)c(=O)c2c1. The van der Waals surface area contributed by atoms with E-state index in [1.54, 1.807) is 24.3 Å². The fourth-order valence-electron chi connectivity index (χ4n) is 3.84. The summed E-state index contributed by atoms with van der Waals surface area (Å²) < 4.78 is 44.6. The van der Waals surface area contributed by atoms with E-state index in [-0.39, 0.29) is 22.6 Å². The van der Waals surface area contributed by atoms with Crippen molar-refractivity contribution in [3.8, 4) is 17.0 Å². The van der Waals surface area contributed by atoms with E-state index in [4.69, 9.17) is 9.47 Å². The maximum atomic E-state index is 13.6. The third kappa shape index (κ3) is 4.74. The van der Waals surface area contributed by atoms with Gasteiger partial charge in [-0.3, -0.25) is 18.9 Å². The average molecular weight is 499 g/mol. The van der Waals surface area contributed by atoms with Gasteiger partial charge in [-0.1, -0.05) is 24.3 Å². The summed E-state index contributed by atoms with van der Waals surface area (Å²) in [4.78, 5) is 29.5. The van der Waals surface area contributed by atoms with Gasteiger partial charge in [0.25, 0.3) is 15.7 Å². The van der Waals surface area contributed by atoms with E-state index in [0.717, 1.165) is 4.57 Å². The molecular weight excluding hydrogens is 476 g/mol. The predicted molar refractivity (Wildman–Crippen MR) is 128 cm³/mol. The monoisotopic (exact) mass is 498 g/mol. The molecule has 0 bridgehead atoms. The molecule has 0 radical (unpaired) electrons. The van der Waals surface area contributed by atoms with Gasteiger partial charge in [-0.25, -0.2) is 4.79 Å². The lowest BCUT2D eigenvalue weighted by Gasteiger charge is -2.19. The fourth-order valence-corrected chi connectivity index (χ4v) is 4.35. The first kappa shape index (κ1) is 24.3. The van der Waals surface area contributed by atoms with E-state index in [1.165, 1.54) is 44.5 Å². The minimum Gasteiger partial charge on any atom is -0.490 e. The molecule has 0 fully saturated rings. The summed E-state index contributed by atoms with van der Waals surface area (Å²) in [6.07, 6.45) is 1.45. The number of carboxylic acids is 1. The van der Waals surface area contributed by atoms with Gasteiger partial charge in [-0.15, -0.1) is 0 Å². The van der Waals surface area contributed by atoms with Gasteiger partial charge in [0.2, 0.25) is 0 Å². The quantitative estimate of drug-likeness (QED) is 0.276. The van der Waals surface area contributed by atoms with Gasteiger partial charge in [-0.2, -0.15) is 8.42 Å². The van der Waals surface area contributed by atoms with Gasteiger partial charge >= 0.3 is 5.97 Å². The second kappa shape index (κ2) is 9.45. The minimum absolute atomic E-state index is 0.163. The Morgan fingerprint density at radius 1 is 1.11 bits per heavy atom. The smallest absolute Gasteiger partial charge is 0.326 e. The first-order valence-corrected chi connectivity index (χ1v) is 12.0. The number of hydrogen-bond donors (Lipinski definition) is 2. The molecule has 2 heterocycles. The Kier molecular flexibility index (Phi) is 6.57. The van der Waals surface area contributed by atoms with Crippen LogP contribution in [0.3, 0.4) is 0 Å². The zero-order chi connectivity index (χ0) is 25.3. The Bertz CT molecular complexity index is 1610. The molecule has 4 aromatic rings. The summed E-state index contributed by atoms with van der Waals surface area (Å²) in [7, 11) is -2.96. The molecule has 1 atom stereocenters. The molecule has 0 amide bonds. The summed E-state index contributed by atoms with van der Waals surface area (Å²) in [5.74, 6) is -0.899. The number of benzene rings is 2. The summed E-state index contributed by atoms with van der Waals surface area (Å²) in [6, 6.07) is 11.0. The molecule has 0 unspecified atom stereocenters. The third-order valence-corrected chi connectivity index (χ3v) is 6.45. The van der Waals surface area contributed by atoms with Crippen LogP contribution < -0.4 is 10.3 Å². The van der Waals surface area contributed by atoms with Gasteiger partial charge in [0.05, 0.1) is 34.3 Å². The van der Waals surface area contributed by atoms with Crippen molar-refractivity contribution in [1.29, 1.82) is 0 Å². The van der Waals surface area contributed by atoms with Crippen LogP contribution in [0.25, 0.3) is 32.9 Å². The number of ether oxygens (including phenoxy) is 2. The van der Waals surface area contributed by atoms with Crippen molar-refractivity contribution in [2.24, 2.45) is 0 Å². The van der Waals surface area contributed by atoms with E-state index in [1.807, 2.05) is 0 Å². The Labute approximate surface area is 200 Å². The van der Waals surface area contributed by atoms with E-state index >= 15 is 0 Å². The van der Waals surface area contributed by atoms with Crippen LogP contribution in [-0.2, 0) is 19.6 Å². The first-order chi connectivity index (χ1) is 16.6. The van der Waals surface area contributed by atoms with Gasteiger partial charge in [0, 0.05) is 12.7 Å². The summed E-state index contributed by atoms with van der Waals surface area (Å²) >= 11 is 0. The van der Waals surface area contributed by atoms with Crippen molar-refractivity contribution < 1.29 is 32.3 Å². The molecule has 0 aliphatic carbocycles. The highest BCUT2D eigenvalue weighted by Crippen LogP contribution is 2.33. The van der Waals surface area contributed by atoms with Crippen LogP contribution in [0.1, 0.15) is 13.0 Å². The van der Waals surface area contributed by atoms with Crippen LogP contribution in [0.5, 0.6) is 5.75 Å². The lowest BCUT2D eigenvalue weighted by atomic mass is 10.00. The van der Waals surface area contributed by atoms with Crippen LogP contribution in [0, 0.1) is 0 Å². The highest BCUT2D eigenvalue weighted by atomic mass is 32.2. The van der Waals surface area contributed by atoms with Crippen molar-refractivity contribution in [1.82, 2.24) is 9.55 Å². The number of fused-ring (bicyclic) bond motifs is 2. The third-order valence-electron chi connectivity index (χ3n) is 5.60. The van der Waals surface area contributed by atoms with Crippen LogP contribution in [0.2, 0.25) is 0 Å². The predicted octanol–water partition coefficient (Wildman–Crippen LogP) is 3.13. The number of carbonyl (C=O) groups is 1. The summed E-state index contributed by atoms with van der Waals surface area (Å²) in [5, 5.41) is 10.9. The Morgan fingerprint density at radius 3 is 2.57 bits per heavy atom. The number of nitrogens with zero attached hydrogens (tertiary/aromatic N) is 2. The van der Waals surface area contributed by atoms with E-state index < -0.39 is 27.7 Å². The number of aliphatic carboxylic acids is 1. The highest BCUT2D eigenvalue weighted by molar-refractivity contribution is 7.85. The number of aromatic nitrogens is 2. The van der Waals surface area contributed by atoms with E-state index in [2.05, 4.69) is 4.98 Å². The molecule has 0 spiro atoms. The molecule has 0 saturated carbocycles. The standard InChI is InChI=1S/C24H22N2O8S/c1-14(24(28)29)26-22(12-21-20(23(26)27)10-16(13-25-21)34-9-8-33-2)18-5-3-4-15-6-7-17(11-19(15)18)35(30,31)32/h3-7,10-14H,8-9H2,1-2H3,(H,28,29)(H,30,31,32)/t14-/m1/s1. The number of pyridine rings is 2. The number of methoxy groups -OCH3 is 1. The lowest BCUT2D eigenvalue weighted by molar-refractivity contribution is -0.140. The van der Waals surface area contributed by atoms with Crippen LogP contribution >= 0.6 is 0 Å². The Morgan fingerprint density at radius 2 is 1.89 bits per heavy atom. The largest absolute Gasteiger partial charge is 0.490 e. The fraction of sp³-hybridized carbons (Fsp3) is 0.208. The van der Waals surface area contributed by atoms with Crippen molar-refractivity contribution in [3.05, 3.63) is 65.1 Å². The molecule has 2 N–H and O–H groups in total. The van der Waals surface area contributed by atoms with Crippen LogP contribution in [0.15, 0.2) is 64.4 Å². The zero-order valence-corrected chi connectivity index (χ0v) is 19.7. The second-order valence-electron chi connectivity index (χ2n) is 7.83. The molecule has 0 aliphatic heterocycles. The lowest BCUT2D eigenvalue weighted by Crippen LogP contribution is -2.29. The Hall–Kier alpha value is -3.80. The maximum absolute atomic E-state index is 13.6. The molecule has 11 heteroatoms. The maximum Gasteiger partial charge on any atom is 0.326 e. The van der Waals surface area contributed by atoms with Gasteiger partial charge in [0.1, 0.15) is 18.4 Å². The minimum atomic E-state index is -4.49. The number of rotatable bonds is 8. The van der Waals surface area contributed by atoms with Gasteiger partial charge in [-0.05, 0) is 42.0 Å². The summed E-state index contributed by atoms with van der Waals surface area (Å²) in [5.41, 5.74) is 0.347. The molecule has 0 saturated heterocycles. The van der Waals surface area contributed by atoms with E-state index in [9.17, 15) is 27.7 Å². The van der Waals surface area contributed by atoms with Crippen molar-refractivity contribution in [3.63, 3.8) is 0 Å². The zero-order valence-electron chi connectivity index (χ0n) is 18.8. The second-order valence-corrected chi connectivity index (χ2v) is 9.25. The normalized spacial score (nSPS) is 12.7. The van der Waals surface area contributed by atoms with Gasteiger partial charge in [0.15, 0.2) is 0 Å². The number of carboxylic acid groups (broad SMARTS) is 1. The summed E-state index contributed by atoms with van der Waals surface area (Å²) in [6.45, 7) is 1.96. The Balaban J connectivity index is 2.02. The molecule has 2 aromatic carbocycles.